The van der Waals surface area contributed by atoms with Gasteiger partial charge >= 0.3 is 69.9 Å². The van der Waals surface area contributed by atoms with Gasteiger partial charge in [0.15, 0.2) is 36.7 Å². The van der Waals surface area contributed by atoms with Crippen LogP contribution in [0.4, 0.5) is 0 Å². The number of aliphatic carboxylic acids is 3. The maximum Gasteiger partial charge on any atom is 0.397 e. The molecular formula is C42H62O31S5. The molecule has 7 rings (SSSR count). The number of carbonyl (C=O) groups is 4. The van der Waals surface area contributed by atoms with E-state index in [0.29, 0.717) is 38.5 Å². The van der Waals surface area contributed by atoms with Crippen LogP contribution in [0.1, 0.15) is 106 Å². The Kier molecular flexibility index (Phi) is 16.4. The third kappa shape index (κ3) is 11.9. The van der Waals surface area contributed by atoms with Gasteiger partial charge in [-0.05, 0) is 110 Å². The highest BCUT2D eigenvalue weighted by Gasteiger charge is 2.71. The Morgan fingerprint density at radius 2 is 0.987 bits per heavy atom. The molecule has 36 heteroatoms. The third-order valence-corrected chi connectivity index (χ3v) is 20.6. The van der Waals surface area contributed by atoms with Crippen LogP contribution >= 0.6 is 0 Å². The molecule has 0 radical (unpaired) electrons. The lowest BCUT2D eigenvalue weighted by molar-refractivity contribution is -0.364. The Labute approximate surface area is 448 Å². The Balaban J connectivity index is 1.32. The van der Waals surface area contributed by atoms with Gasteiger partial charge < -0.3 is 34.3 Å². The van der Waals surface area contributed by atoms with Gasteiger partial charge in [-0.3, -0.25) is 32.4 Å². The summed E-state index contributed by atoms with van der Waals surface area (Å²) in [6.07, 6.45) is -26.4. The number of carboxylic acids is 3. The number of allylic oxidation sites excluding steroid dienone is 2. The quantitative estimate of drug-likeness (QED) is 0.0753. The molecule has 446 valence electrons. The van der Waals surface area contributed by atoms with Gasteiger partial charge in [0.1, 0.15) is 30.5 Å². The standard InChI is InChI=1S/C42H62O31S5/c1-37(2)21-8-11-42(7)31(20(43)16-18-19-17-39(4,36(48)49)13-12-38(19,3)14-15-41(18,42)6)40(21,5)10-9-22(37)65-34-29(25(71-76(56,57)58)23(69-74(50,51)52)27(66-34)32(44)45)68-35-30(73-78(62,63)64)26(72-77(59,60)61)24(70-75(53,54)55)28(67-35)33(46)47/h16,19,21-31,34-35H,8-15,17H2,1-7H3,(H,44,45)(H,46,47)(H,48,49)(H,50,51,52)(H,53,54,55)(H,56,57,58)(H,59,60,61)(H,62,63,64)/t19?,21?,22?,23-,24-,25-,26-,27-,28-,29+,30+,31?,34+,35-,38?,39-,40?,41+,42?/m0/s1. The van der Waals surface area contributed by atoms with Crippen molar-refractivity contribution < 1.29 is 139 Å². The number of hydrogen-bond acceptors (Lipinski definition) is 23. The molecular weight excluding hydrogens is 1160 g/mol. The first-order valence-corrected chi connectivity index (χ1v) is 30.9. The third-order valence-electron chi connectivity index (χ3n) is 18.3. The molecule has 19 atom stereocenters. The van der Waals surface area contributed by atoms with Crippen molar-refractivity contribution in [2.45, 2.75) is 174 Å². The highest BCUT2D eigenvalue weighted by Crippen LogP contribution is 2.75. The largest absolute Gasteiger partial charge is 0.481 e. The lowest BCUT2D eigenvalue weighted by atomic mass is 9.33. The first-order chi connectivity index (χ1) is 35.2. The summed E-state index contributed by atoms with van der Waals surface area (Å²) in [6, 6.07) is 0. The van der Waals surface area contributed by atoms with Gasteiger partial charge in [0.2, 0.25) is 0 Å². The predicted molar refractivity (Wildman–Crippen MR) is 252 cm³/mol. The van der Waals surface area contributed by atoms with E-state index in [2.05, 4.69) is 41.7 Å². The van der Waals surface area contributed by atoms with Gasteiger partial charge in [0, 0.05) is 5.92 Å². The van der Waals surface area contributed by atoms with E-state index in [0.717, 1.165) is 12.0 Å². The molecule has 7 unspecified atom stereocenters. The molecule has 8 N–H and O–H groups in total. The Hall–Kier alpha value is -2.99. The summed E-state index contributed by atoms with van der Waals surface area (Å²) in [5.41, 5.74) is -3.78. The summed E-state index contributed by atoms with van der Waals surface area (Å²) in [5.74, 6) is -7.17. The van der Waals surface area contributed by atoms with E-state index in [1.54, 1.807) is 26.8 Å². The van der Waals surface area contributed by atoms with Crippen LogP contribution in [0.3, 0.4) is 0 Å². The van der Waals surface area contributed by atoms with Crippen molar-refractivity contribution in [2.75, 3.05) is 0 Å². The van der Waals surface area contributed by atoms with E-state index in [9.17, 15) is 94.6 Å². The molecule has 0 amide bonds. The Morgan fingerprint density at radius 3 is 1.45 bits per heavy atom. The SMILES string of the molecule is CC12CC[C@](C)(C(=O)O)CC1C1=CC(=O)C3C4(C)CCC(O[C@@H]5O[C@H](C(=O)O)[C@@H](OS(=O)(=O)O)[C@H](OS(=O)(=O)O)[C@H]5O[C@@H]5O[C@H](C(=O)O)[C@@H](OS(=O)(=O)O)[C@H](OS(=O)(=O)O)[C@H]5OS(=O)(=O)O)C(C)(C)C4CCC3(C)[C@]1(C)CC2. The van der Waals surface area contributed by atoms with Crippen molar-refractivity contribution >= 4 is 75.7 Å². The zero-order valence-electron chi connectivity index (χ0n) is 42.5. The highest BCUT2D eigenvalue weighted by atomic mass is 32.3. The van der Waals surface area contributed by atoms with Crippen molar-refractivity contribution in [2.24, 2.45) is 50.2 Å². The van der Waals surface area contributed by atoms with E-state index in [-0.39, 0.29) is 30.0 Å². The summed E-state index contributed by atoms with van der Waals surface area (Å²) in [6.45, 7) is 13.4. The smallest absolute Gasteiger partial charge is 0.397 e. The second-order valence-electron chi connectivity index (χ2n) is 23.1. The number of ether oxygens (including phenoxy) is 4. The maximum absolute atomic E-state index is 15.1. The van der Waals surface area contributed by atoms with E-state index in [1.807, 2.05) is 6.92 Å². The first-order valence-electron chi connectivity index (χ1n) is 24.0. The molecule has 0 aromatic rings. The van der Waals surface area contributed by atoms with Gasteiger partial charge in [-0.1, -0.05) is 47.1 Å². The molecule has 0 aromatic carbocycles. The molecule has 4 saturated carbocycles. The van der Waals surface area contributed by atoms with Gasteiger partial charge in [0.25, 0.3) is 0 Å². The van der Waals surface area contributed by atoms with E-state index in [4.69, 9.17) is 18.9 Å². The average Bonchev–Trinajstić information content (AvgIpc) is 3.24. The molecule has 0 bridgehead atoms. The van der Waals surface area contributed by atoms with Crippen LogP contribution in [0.15, 0.2) is 11.6 Å². The van der Waals surface area contributed by atoms with Gasteiger partial charge in [-0.15, -0.1) is 0 Å². The summed E-state index contributed by atoms with van der Waals surface area (Å²) in [7, 11) is -30.3. The fourth-order valence-electron chi connectivity index (χ4n) is 14.5. The van der Waals surface area contributed by atoms with E-state index in [1.165, 1.54) is 0 Å². The molecule has 78 heavy (non-hydrogen) atoms. The summed E-state index contributed by atoms with van der Waals surface area (Å²) in [5, 5.41) is 30.8. The summed E-state index contributed by atoms with van der Waals surface area (Å²) in [4.78, 5) is 53.2. The number of carboxylic acid groups (broad SMARTS) is 3. The zero-order valence-corrected chi connectivity index (χ0v) is 46.6. The molecule has 6 fully saturated rings. The number of fused-ring (bicyclic) bond motifs is 7. The summed E-state index contributed by atoms with van der Waals surface area (Å²) >= 11 is 0. The monoisotopic (exact) mass is 1220 g/mol. The lowest BCUT2D eigenvalue weighted by Gasteiger charge is -2.70. The highest BCUT2D eigenvalue weighted by molar-refractivity contribution is 7.82. The minimum Gasteiger partial charge on any atom is -0.481 e. The topological polar surface area (TPSA) is 484 Å². The van der Waals surface area contributed by atoms with Gasteiger partial charge in [-0.25, -0.2) is 30.5 Å². The number of ketones is 1. The van der Waals surface area contributed by atoms with Crippen molar-refractivity contribution in [1.29, 1.82) is 0 Å². The lowest BCUT2D eigenvalue weighted by Crippen LogP contribution is -2.69. The molecule has 5 aliphatic carbocycles. The molecule has 7 aliphatic rings. The Bertz CT molecular complexity index is 3050. The van der Waals surface area contributed by atoms with Crippen LogP contribution in [0.5, 0.6) is 0 Å². The summed E-state index contributed by atoms with van der Waals surface area (Å²) < 4.78 is 216. The van der Waals surface area contributed by atoms with Crippen LogP contribution in [-0.2, 0) is 111 Å². The van der Waals surface area contributed by atoms with Crippen LogP contribution < -0.4 is 0 Å². The zero-order chi connectivity index (χ0) is 58.9. The second kappa shape index (κ2) is 20.4. The molecule has 2 heterocycles. The molecule has 2 saturated heterocycles. The fourth-order valence-corrected chi connectivity index (χ4v) is 17.0. The molecule has 2 aliphatic heterocycles. The van der Waals surface area contributed by atoms with Crippen LogP contribution in [-0.4, -0.2) is 171 Å². The van der Waals surface area contributed by atoms with Crippen molar-refractivity contribution in [3.05, 3.63) is 11.6 Å². The number of hydrogen-bond donors (Lipinski definition) is 8. The maximum atomic E-state index is 15.1. The van der Waals surface area contributed by atoms with Crippen LogP contribution in [0, 0.1) is 50.2 Å². The van der Waals surface area contributed by atoms with Crippen LogP contribution in [0.25, 0.3) is 0 Å². The van der Waals surface area contributed by atoms with Crippen molar-refractivity contribution in [3.63, 3.8) is 0 Å². The predicted octanol–water partition coefficient (Wildman–Crippen LogP) is 1.38. The van der Waals surface area contributed by atoms with E-state index < -0.39 is 176 Å². The minimum atomic E-state index is -6.12. The van der Waals surface area contributed by atoms with E-state index >= 15 is 4.79 Å². The minimum absolute atomic E-state index is 0.0989. The average molecular weight is 1220 g/mol. The first kappa shape index (κ1) is 62.6. The normalized spacial score (nSPS) is 43.2. The second-order valence-corrected chi connectivity index (χ2v) is 28.4. The molecule has 31 nitrogen and oxygen atoms in total. The van der Waals surface area contributed by atoms with Gasteiger partial charge in [-0.2, -0.15) is 42.1 Å². The van der Waals surface area contributed by atoms with Gasteiger partial charge in [0.05, 0.1) is 11.5 Å². The van der Waals surface area contributed by atoms with Crippen molar-refractivity contribution in [1.82, 2.24) is 0 Å². The van der Waals surface area contributed by atoms with Crippen LogP contribution in [0.2, 0.25) is 0 Å². The Morgan fingerprint density at radius 1 is 0.551 bits per heavy atom. The number of carbonyl (C=O) groups excluding carboxylic acids is 1. The molecule has 0 spiro atoms. The molecule has 0 aromatic heterocycles. The fraction of sp³-hybridized carbons (Fsp3) is 0.857. The van der Waals surface area contributed by atoms with Crippen molar-refractivity contribution in [3.8, 4) is 0 Å². The number of rotatable bonds is 17.